The zero-order valence-electron chi connectivity index (χ0n) is 63.2. The number of hydrogen-bond acceptors (Lipinski definition) is 24. The van der Waals surface area contributed by atoms with Gasteiger partial charge < -0.3 is 66.3 Å². The first-order chi connectivity index (χ1) is 49.0. The van der Waals surface area contributed by atoms with Gasteiger partial charge in [0.05, 0.1) is 27.4 Å². The van der Waals surface area contributed by atoms with Crippen molar-refractivity contribution >= 4 is 131 Å². The van der Waals surface area contributed by atoms with Crippen LogP contribution in [0.4, 0.5) is 0 Å². The molecule has 8 aromatic rings. The van der Waals surface area contributed by atoms with Crippen molar-refractivity contribution in [3.8, 4) is 23.3 Å². The molecule has 26 nitrogen and oxygen atoms in total. The molecule has 1 aliphatic rings. The zero-order chi connectivity index (χ0) is 78.4. The van der Waals surface area contributed by atoms with Gasteiger partial charge in [0.25, 0.3) is 15.7 Å². The summed E-state index contributed by atoms with van der Waals surface area (Å²) in [5.74, 6) is -1.10. The van der Waals surface area contributed by atoms with Crippen LogP contribution >= 0.6 is 86.7 Å². The maximum absolute atomic E-state index is 11.3. The topological polar surface area (TPSA) is 413 Å². The summed E-state index contributed by atoms with van der Waals surface area (Å²) in [5.41, 5.74) is 9.58. The number of hydrogen-bond donors (Lipinski definition) is 4. The fourth-order valence-corrected chi connectivity index (χ4v) is 7.02. The number of esters is 3. The Bertz CT molecular complexity index is 3660. The maximum atomic E-state index is 11.3. The van der Waals surface area contributed by atoms with Crippen molar-refractivity contribution in [2.75, 3.05) is 34.5 Å². The third-order valence-corrected chi connectivity index (χ3v) is 12.3. The van der Waals surface area contributed by atoms with Crippen molar-refractivity contribution in [1.82, 2.24) is 24.9 Å². The van der Waals surface area contributed by atoms with E-state index in [0.717, 1.165) is 84.0 Å². The summed E-state index contributed by atoms with van der Waals surface area (Å²) in [6, 6.07) is 42.2. The van der Waals surface area contributed by atoms with E-state index in [-0.39, 0.29) is 161 Å². The molecular formula is C73H94BBrCl5K2LiN7O19S. The number of nitriles is 1. The molecule has 6 heterocycles. The van der Waals surface area contributed by atoms with Crippen LogP contribution in [0.2, 0.25) is 5.15 Å². The van der Waals surface area contributed by atoms with Crippen LogP contribution in [0.3, 0.4) is 0 Å². The molecule has 0 spiro atoms. The number of methoxy groups -OCH3 is 3. The molecule has 589 valence electrons. The molecule has 37 heteroatoms. The minimum Gasteiger partial charge on any atom is -1.00 e. The quantitative estimate of drug-likeness (QED) is 0.00937. The van der Waals surface area contributed by atoms with Gasteiger partial charge >= 0.3 is 170 Å². The molecule has 9 rings (SSSR count). The Morgan fingerprint density at radius 2 is 0.945 bits per heavy atom. The van der Waals surface area contributed by atoms with Gasteiger partial charge in [-0.2, -0.15) is 5.26 Å². The third-order valence-electron chi connectivity index (χ3n) is 11.4. The van der Waals surface area contributed by atoms with Gasteiger partial charge in [0, 0.05) is 74.5 Å². The largest absolute Gasteiger partial charge is 1.00 e. The van der Waals surface area contributed by atoms with E-state index in [1.807, 2.05) is 86.6 Å². The van der Waals surface area contributed by atoms with Gasteiger partial charge in [-0.15, -0.1) is 0 Å². The molecule has 0 aliphatic carbocycles. The Labute approximate surface area is 784 Å². The molecule has 1 fully saturated rings. The van der Waals surface area contributed by atoms with Gasteiger partial charge in [0.2, 0.25) is 0 Å². The van der Waals surface area contributed by atoms with Crippen LogP contribution in [0.15, 0.2) is 169 Å². The summed E-state index contributed by atoms with van der Waals surface area (Å²) in [6.45, 7) is 15.3. The maximum Gasteiger partial charge on any atom is 1.00 e. The molecule has 0 unspecified atom stereocenters. The minimum atomic E-state index is -1.61. The SMILES string of the molecule is C.C.C1CCOC1.CC#N.CC(=O)O.CCc1cccc(O)c1.CCc1cccc(OCc2ccc(C(=O)O)nc2)c1.CCc1cccc(OCc2ccc(C(=O)OC)nc2)c1.COC(=O)c1ccc(C)cn1.COC(=O)c1ccc(CBr)cn1.Cc1ccc(Cl)nc1.ClC(Cl)(Cl)Cl.O.O=CO[O-].[B]=NS.[H-].[K+].[K+].[Li+].[OH-]. The summed E-state index contributed by atoms with van der Waals surface area (Å²) in [4.78, 5) is 83.5. The number of thiol groups is 1. The number of phenols is 1. The van der Waals surface area contributed by atoms with Gasteiger partial charge in [0.1, 0.15) is 58.4 Å². The number of benzene rings is 3. The van der Waals surface area contributed by atoms with Crippen LogP contribution in [0.5, 0.6) is 17.2 Å². The first-order valence-corrected chi connectivity index (χ1v) is 33.6. The zero-order valence-corrected chi connectivity index (χ0v) is 74.7. The van der Waals surface area contributed by atoms with E-state index < -0.39 is 33.1 Å². The first kappa shape index (κ1) is 126. The number of halogens is 6. The Morgan fingerprint density at radius 1 is 0.636 bits per heavy atom. The van der Waals surface area contributed by atoms with E-state index in [1.165, 1.54) is 70.0 Å². The molecule has 5 aromatic heterocycles. The van der Waals surface area contributed by atoms with E-state index in [0.29, 0.717) is 41.2 Å². The number of carboxylic acids is 2. The van der Waals surface area contributed by atoms with Crippen LogP contribution in [-0.4, -0.2) is 133 Å². The summed E-state index contributed by atoms with van der Waals surface area (Å²) in [7, 11) is 8.34. The number of rotatable bonds is 15. The van der Waals surface area contributed by atoms with Gasteiger partial charge in [-0.3, -0.25) is 9.59 Å². The molecule has 1 aliphatic heterocycles. The van der Waals surface area contributed by atoms with E-state index in [1.54, 1.807) is 73.3 Å². The fraction of sp³-hybridized carbons (Fsp3) is 0.315. The standard InChI is InChI=1S/C16H17NO3.C15H15NO3.C8H8BrNO2.C8H9NO2.C8H10O.C6H6ClN.C4H8O.C2H3N.C2H4O2.CCl4.CH2O3.2CH4.BHNS.2K.Li.2H2O.H/c1-3-12-5-4-6-14(9-12)20-11-13-7-8-15(17-10-13)16(18)19-2;1-2-11-4-3-5-13(8-11)19-10-12-6-7-14(15(17)18)16-9-12;1-12-8(11)7-3-2-6(4-9)5-10-7;1-6-3-4-7(9-5-6)8(10)11-2;1-2-7-4-3-5-8(9)6-7;1-5-2-3-6(7)8-4-5;1-2-4-5-3-1;1-2-3;1-2(3)4;2-1(3,4)5;2-1-4-3;;;1-2-3;;;;;;/h4-10H,3,11H2,1-2H3;3-9H,2,10H2,1H3,(H,17,18);2-3,5H,4H2,1H3;3-5H,1-2H3;3-6,9H,2H2,1H3;2-4H,1H3;1-4H2;1H3;1H3,(H,3,4);;1,3H;2*1H4;3H;;;;2*1H2;/q;;;;;;;;;;;;;;3*+1;;;-1/p-2. The number of carbonyl (C=O) groups excluding carboxylic acids is 4. The normalized spacial score (nSPS) is 9.24. The number of aliphatic carboxylic acids is 1. The van der Waals surface area contributed by atoms with Crippen LogP contribution in [-0.2, 0) is 71.2 Å². The van der Waals surface area contributed by atoms with Crippen molar-refractivity contribution in [3.63, 3.8) is 0 Å². The predicted octanol–water partition coefficient (Wildman–Crippen LogP) is 6.85. The third kappa shape index (κ3) is 73.2. The molecule has 0 saturated carbocycles. The van der Waals surface area contributed by atoms with Gasteiger partial charge in [-0.1, -0.05) is 176 Å². The monoisotopic (exact) mass is 1750 g/mol. The Balaban J connectivity index is -0.000000114. The molecule has 0 atom stereocenters. The number of carbonyl (C=O) groups is 6. The van der Waals surface area contributed by atoms with Crippen LogP contribution in [0.1, 0.15) is 150 Å². The van der Waals surface area contributed by atoms with Crippen molar-refractivity contribution in [1.29, 1.82) is 5.26 Å². The molecule has 110 heavy (non-hydrogen) atoms. The number of aromatic carboxylic acids is 1. The number of pyridine rings is 5. The molecule has 3 aromatic carbocycles. The van der Waals surface area contributed by atoms with Gasteiger partial charge in [-0.05, 0) is 146 Å². The number of aromatic nitrogens is 5. The first-order valence-electron chi connectivity index (χ1n) is 30.2. The number of aryl methyl sites for hydroxylation is 5. The number of aromatic hydroxyl groups is 1. The van der Waals surface area contributed by atoms with E-state index in [2.05, 4.69) is 118 Å². The summed E-state index contributed by atoms with van der Waals surface area (Å²) in [5, 5.41) is 42.1. The molecular weight excluding hydrogens is 1660 g/mol. The van der Waals surface area contributed by atoms with Crippen molar-refractivity contribution in [3.05, 3.63) is 237 Å². The predicted molar refractivity (Wildman–Crippen MR) is 422 cm³/mol. The van der Waals surface area contributed by atoms with Crippen molar-refractivity contribution < 1.29 is 217 Å². The summed E-state index contributed by atoms with van der Waals surface area (Å²) < 4.78 is 30.9. The van der Waals surface area contributed by atoms with Gasteiger partial charge in [-0.25, -0.2) is 44.1 Å². The molecule has 1 radical (unpaired) electrons. The Hall–Kier alpha value is -5.02. The molecule has 0 bridgehead atoms. The Kier molecular flexibility index (Phi) is 93.8. The fourth-order valence-electron chi connectivity index (χ4n) is 6.57. The number of phenolic OH excluding ortho intramolecular Hbond substituents is 1. The second-order valence-electron chi connectivity index (χ2n) is 19.3. The number of ether oxygens (including phenoxy) is 6. The van der Waals surface area contributed by atoms with Crippen LogP contribution < -0.4 is 136 Å². The number of carboxylic acid groups (broad SMARTS) is 2. The second kappa shape index (κ2) is 82.0. The molecule has 1 saturated heterocycles. The summed E-state index contributed by atoms with van der Waals surface area (Å²) in [6.07, 6.45) is 13.6. The minimum absolute atomic E-state index is 0. The molecule has 0 amide bonds. The van der Waals surface area contributed by atoms with E-state index >= 15 is 0 Å². The average Bonchev–Trinajstić information content (AvgIpc) is 1.24. The second-order valence-corrected chi connectivity index (χ2v) is 24.0. The Morgan fingerprint density at radius 3 is 1.18 bits per heavy atom. The van der Waals surface area contributed by atoms with E-state index in [4.69, 9.17) is 108 Å². The van der Waals surface area contributed by atoms with Crippen LogP contribution in [0.25, 0.3) is 0 Å². The number of nitrogens with zero attached hydrogens (tertiary/aromatic N) is 7. The van der Waals surface area contributed by atoms with Crippen LogP contribution in [0, 0.1) is 25.2 Å². The smallest absolute Gasteiger partial charge is 1.00 e. The van der Waals surface area contributed by atoms with Gasteiger partial charge in [0.15, 0.2) is 0 Å². The van der Waals surface area contributed by atoms with E-state index in [9.17, 15) is 19.2 Å². The average molecular weight is 1760 g/mol. The molecule has 6 N–H and O–H groups in total. The number of alkyl halides is 5. The van der Waals surface area contributed by atoms with Crippen molar-refractivity contribution in [2.24, 2.45) is 4.30 Å². The van der Waals surface area contributed by atoms with Crippen molar-refractivity contribution in [2.45, 2.75) is 117 Å². The summed E-state index contributed by atoms with van der Waals surface area (Å²) >= 11 is 31.3.